The SMILES string of the molecule is O[C@H]1Cc2ccccc2[C@H]1NC1CCN(C2CCCCC2)CC1. The largest absolute Gasteiger partial charge is 0.391 e. The van der Waals surface area contributed by atoms with E-state index in [1.165, 1.54) is 69.2 Å². The maximum atomic E-state index is 10.4. The van der Waals surface area contributed by atoms with Crippen molar-refractivity contribution in [1.82, 2.24) is 10.2 Å². The van der Waals surface area contributed by atoms with E-state index in [0.29, 0.717) is 6.04 Å². The van der Waals surface area contributed by atoms with Gasteiger partial charge in [0, 0.05) is 18.5 Å². The number of fused-ring (bicyclic) bond motifs is 1. The van der Waals surface area contributed by atoms with Crippen LogP contribution in [0.3, 0.4) is 0 Å². The Hall–Kier alpha value is -0.900. The molecule has 0 unspecified atom stereocenters. The molecule has 1 saturated heterocycles. The second-order valence-corrected chi connectivity index (χ2v) is 7.72. The van der Waals surface area contributed by atoms with E-state index >= 15 is 0 Å². The van der Waals surface area contributed by atoms with Gasteiger partial charge in [0.1, 0.15) is 0 Å². The third kappa shape index (κ3) is 3.33. The number of hydrogen-bond donors (Lipinski definition) is 2. The van der Waals surface area contributed by atoms with Crippen LogP contribution >= 0.6 is 0 Å². The van der Waals surface area contributed by atoms with E-state index in [9.17, 15) is 5.11 Å². The Morgan fingerprint density at radius 3 is 2.48 bits per heavy atom. The van der Waals surface area contributed by atoms with Crippen LogP contribution in [0.25, 0.3) is 0 Å². The molecule has 1 aromatic carbocycles. The Morgan fingerprint density at radius 2 is 1.70 bits per heavy atom. The van der Waals surface area contributed by atoms with Crippen LogP contribution in [-0.4, -0.2) is 41.3 Å². The first-order valence-electron chi connectivity index (χ1n) is 9.57. The average Bonchev–Trinajstić information content (AvgIpc) is 2.92. The molecule has 0 amide bonds. The van der Waals surface area contributed by atoms with Crippen molar-refractivity contribution in [2.24, 2.45) is 0 Å². The van der Waals surface area contributed by atoms with Gasteiger partial charge in [-0.3, -0.25) is 0 Å². The summed E-state index contributed by atoms with van der Waals surface area (Å²) < 4.78 is 0. The molecule has 2 aliphatic carbocycles. The number of hydrogen-bond acceptors (Lipinski definition) is 3. The van der Waals surface area contributed by atoms with Gasteiger partial charge in [0.05, 0.1) is 12.1 Å². The first kappa shape index (κ1) is 15.6. The van der Waals surface area contributed by atoms with Crippen LogP contribution in [0, 0.1) is 0 Å². The molecule has 0 spiro atoms. The number of aliphatic hydroxyl groups excluding tert-OH is 1. The highest BCUT2D eigenvalue weighted by Gasteiger charge is 2.33. The molecular formula is C20H30N2O. The molecule has 3 aliphatic rings. The van der Waals surface area contributed by atoms with Gasteiger partial charge < -0.3 is 15.3 Å². The predicted molar refractivity (Wildman–Crippen MR) is 93.5 cm³/mol. The Morgan fingerprint density at radius 1 is 0.957 bits per heavy atom. The molecule has 3 heteroatoms. The van der Waals surface area contributed by atoms with Crippen LogP contribution in [0.5, 0.6) is 0 Å². The second-order valence-electron chi connectivity index (χ2n) is 7.72. The third-order valence-corrected chi connectivity index (χ3v) is 6.24. The molecule has 3 nitrogen and oxygen atoms in total. The van der Waals surface area contributed by atoms with Gasteiger partial charge in [0.25, 0.3) is 0 Å². The van der Waals surface area contributed by atoms with E-state index in [1.54, 1.807) is 0 Å². The van der Waals surface area contributed by atoms with Crippen molar-refractivity contribution < 1.29 is 5.11 Å². The molecule has 2 fully saturated rings. The van der Waals surface area contributed by atoms with E-state index < -0.39 is 0 Å². The Bertz CT molecular complexity index is 518. The number of likely N-dealkylation sites (tertiary alicyclic amines) is 1. The number of piperidine rings is 1. The van der Waals surface area contributed by atoms with Crippen LogP contribution in [-0.2, 0) is 6.42 Å². The Kier molecular flexibility index (Phi) is 4.70. The summed E-state index contributed by atoms with van der Waals surface area (Å²) in [6.07, 6.45) is 10.1. The lowest BCUT2D eigenvalue weighted by molar-refractivity contribution is 0.0945. The summed E-state index contributed by atoms with van der Waals surface area (Å²) in [5.74, 6) is 0. The molecule has 126 valence electrons. The van der Waals surface area contributed by atoms with Gasteiger partial charge in [-0.2, -0.15) is 0 Å². The van der Waals surface area contributed by atoms with Crippen molar-refractivity contribution in [3.05, 3.63) is 35.4 Å². The minimum absolute atomic E-state index is 0.137. The zero-order valence-corrected chi connectivity index (χ0v) is 14.1. The third-order valence-electron chi connectivity index (χ3n) is 6.24. The van der Waals surface area contributed by atoms with Crippen molar-refractivity contribution >= 4 is 0 Å². The van der Waals surface area contributed by atoms with E-state index in [0.717, 1.165) is 12.5 Å². The normalized spacial score (nSPS) is 30.5. The molecule has 4 rings (SSSR count). The lowest BCUT2D eigenvalue weighted by Crippen LogP contribution is -2.48. The fraction of sp³-hybridized carbons (Fsp3) is 0.700. The fourth-order valence-corrected chi connectivity index (χ4v) is 4.91. The first-order valence-corrected chi connectivity index (χ1v) is 9.57. The van der Waals surface area contributed by atoms with Gasteiger partial charge in [-0.25, -0.2) is 0 Å². The van der Waals surface area contributed by atoms with Crippen LogP contribution in [0.15, 0.2) is 24.3 Å². The van der Waals surface area contributed by atoms with Crippen LogP contribution in [0.2, 0.25) is 0 Å². The second kappa shape index (κ2) is 6.92. The number of nitrogens with one attached hydrogen (secondary N) is 1. The van der Waals surface area contributed by atoms with Crippen molar-refractivity contribution in [3.8, 4) is 0 Å². The average molecular weight is 314 g/mol. The van der Waals surface area contributed by atoms with Crippen molar-refractivity contribution in [2.45, 2.75) is 75.6 Å². The summed E-state index contributed by atoms with van der Waals surface area (Å²) >= 11 is 0. The van der Waals surface area contributed by atoms with Gasteiger partial charge in [0.2, 0.25) is 0 Å². The molecular weight excluding hydrogens is 284 g/mol. The molecule has 0 aromatic heterocycles. The lowest BCUT2D eigenvalue weighted by atomic mass is 9.92. The molecule has 23 heavy (non-hydrogen) atoms. The molecule has 1 heterocycles. The van der Waals surface area contributed by atoms with Gasteiger partial charge in [0.15, 0.2) is 0 Å². The van der Waals surface area contributed by atoms with Crippen LogP contribution < -0.4 is 5.32 Å². The zero-order valence-electron chi connectivity index (χ0n) is 14.1. The van der Waals surface area contributed by atoms with Gasteiger partial charge in [-0.1, -0.05) is 43.5 Å². The maximum absolute atomic E-state index is 10.4. The maximum Gasteiger partial charge on any atom is 0.0775 e. The molecule has 1 aromatic rings. The number of benzene rings is 1. The van der Waals surface area contributed by atoms with Gasteiger partial charge in [-0.05, 0) is 49.9 Å². The Labute approximate surface area is 140 Å². The zero-order chi connectivity index (χ0) is 15.6. The van der Waals surface area contributed by atoms with Crippen LogP contribution in [0.1, 0.15) is 62.1 Å². The Balaban J connectivity index is 1.33. The summed E-state index contributed by atoms with van der Waals surface area (Å²) in [4.78, 5) is 2.73. The monoisotopic (exact) mass is 314 g/mol. The first-order chi connectivity index (χ1) is 11.3. The lowest BCUT2D eigenvalue weighted by Gasteiger charge is -2.40. The molecule has 1 aliphatic heterocycles. The number of rotatable bonds is 3. The highest BCUT2D eigenvalue weighted by Crippen LogP contribution is 2.33. The minimum Gasteiger partial charge on any atom is -0.391 e. The molecule has 1 saturated carbocycles. The van der Waals surface area contributed by atoms with Crippen molar-refractivity contribution in [1.29, 1.82) is 0 Å². The summed E-state index contributed by atoms with van der Waals surface area (Å²) in [5.41, 5.74) is 2.63. The molecule has 2 atom stereocenters. The highest BCUT2D eigenvalue weighted by molar-refractivity contribution is 5.36. The smallest absolute Gasteiger partial charge is 0.0775 e. The van der Waals surface area contributed by atoms with Crippen molar-refractivity contribution in [2.75, 3.05) is 13.1 Å². The standard InChI is InChI=1S/C20H30N2O/c23-19-14-15-6-4-5-9-18(15)20(19)21-16-10-12-22(13-11-16)17-7-2-1-3-8-17/h4-6,9,16-17,19-21,23H,1-3,7-8,10-14H2/t19-,20+/m0/s1. The molecule has 2 N–H and O–H groups in total. The fourth-order valence-electron chi connectivity index (χ4n) is 4.91. The van der Waals surface area contributed by atoms with E-state index in [4.69, 9.17) is 0 Å². The minimum atomic E-state index is -0.260. The van der Waals surface area contributed by atoms with E-state index in [1.807, 2.05) is 0 Å². The summed E-state index contributed by atoms with van der Waals surface area (Å²) in [5, 5.41) is 14.2. The predicted octanol–water partition coefficient (Wildman–Crippen LogP) is 3.03. The van der Waals surface area contributed by atoms with E-state index in [2.05, 4.69) is 34.5 Å². The number of aliphatic hydroxyl groups is 1. The summed E-state index contributed by atoms with van der Waals surface area (Å²) in [6.45, 7) is 2.46. The summed E-state index contributed by atoms with van der Waals surface area (Å²) in [7, 11) is 0. The molecule has 0 bridgehead atoms. The van der Waals surface area contributed by atoms with Gasteiger partial charge in [-0.15, -0.1) is 0 Å². The molecule has 0 radical (unpaired) electrons. The highest BCUT2D eigenvalue weighted by atomic mass is 16.3. The topological polar surface area (TPSA) is 35.5 Å². The number of nitrogens with zero attached hydrogens (tertiary/aromatic N) is 1. The van der Waals surface area contributed by atoms with E-state index in [-0.39, 0.29) is 12.1 Å². The van der Waals surface area contributed by atoms with Crippen LogP contribution in [0.4, 0.5) is 0 Å². The van der Waals surface area contributed by atoms with Crippen molar-refractivity contribution in [3.63, 3.8) is 0 Å². The van der Waals surface area contributed by atoms with Gasteiger partial charge >= 0.3 is 0 Å². The quantitative estimate of drug-likeness (QED) is 0.900. The summed E-state index contributed by atoms with van der Waals surface area (Å²) in [6, 6.07) is 10.1.